The zero-order valence-electron chi connectivity index (χ0n) is 15.7. The number of amides is 1. The van der Waals surface area contributed by atoms with Crippen LogP contribution in [0.3, 0.4) is 0 Å². The van der Waals surface area contributed by atoms with Crippen LogP contribution in [0.1, 0.15) is 78.9 Å². The third-order valence-electron chi connectivity index (χ3n) is 5.06. The average Bonchev–Trinajstić information content (AvgIpc) is 2.46. The van der Waals surface area contributed by atoms with Gasteiger partial charge in [0.05, 0.1) is 6.42 Å². The molecule has 1 radical (unpaired) electrons. The topological polar surface area (TPSA) is 50.1 Å². The molecule has 0 fully saturated rings. The molecule has 0 spiro atoms. The fourth-order valence-electron chi connectivity index (χ4n) is 2.50. The molecule has 1 amide bonds. The molecule has 0 aliphatic rings. The van der Waals surface area contributed by atoms with Crippen molar-refractivity contribution in [3.63, 3.8) is 0 Å². The molecule has 1 aromatic carbocycles. The van der Waals surface area contributed by atoms with Gasteiger partial charge in [-0.2, -0.15) is 0 Å². The Morgan fingerprint density at radius 2 is 1.70 bits per heavy atom. The van der Waals surface area contributed by atoms with Crippen molar-refractivity contribution in [1.29, 1.82) is 0 Å². The van der Waals surface area contributed by atoms with Crippen molar-refractivity contribution < 1.29 is 9.53 Å². The maximum Gasteiger partial charge on any atom is 0.242 e. The molecule has 1 atom stereocenters. The molecular formula is C20H32NO2. The van der Waals surface area contributed by atoms with E-state index in [-0.39, 0.29) is 23.4 Å². The van der Waals surface area contributed by atoms with Gasteiger partial charge in [0.2, 0.25) is 5.91 Å². The third kappa shape index (κ3) is 4.98. The van der Waals surface area contributed by atoms with E-state index in [1.54, 1.807) is 0 Å². The number of nitrogens with one attached hydrogen (secondary N) is 1. The predicted octanol–water partition coefficient (Wildman–Crippen LogP) is 5.03. The van der Waals surface area contributed by atoms with Gasteiger partial charge < -0.3 is 4.74 Å². The van der Waals surface area contributed by atoms with E-state index in [1.807, 2.05) is 13.0 Å². The van der Waals surface area contributed by atoms with Gasteiger partial charge >= 0.3 is 0 Å². The number of hydrogen-bond acceptors (Lipinski definition) is 2. The molecule has 0 aliphatic carbocycles. The Morgan fingerprint density at radius 1 is 1.13 bits per heavy atom. The van der Waals surface area contributed by atoms with Crippen LogP contribution in [0.5, 0.6) is 5.75 Å². The number of carbonyl (C=O) groups is 1. The van der Waals surface area contributed by atoms with E-state index in [4.69, 9.17) is 10.5 Å². The van der Waals surface area contributed by atoms with Crippen molar-refractivity contribution in [2.75, 3.05) is 0 Å². The SMILES string of the molecule is CCC(C)(C)c1ccc(OC(C)CC([NH])=O)c(C(C)(C)CC)c1. The molecule has 0 aromatic heterocycles. The molecular weight excluding hydrogens is 286 g/mol. The summed E-state index contributed by atoms with van der Waals surface area (Å²) in [6.07, 6.45) is 1.92. The molecule has 1 unspecified atom stereocenters. The monoisotopic (exact) mass is 318 g/mol. The van der Waals surface area contributed by atoms with Crippen LogP contribution < -0.4 is 10.5 Å². The van der Waals surface area contributed by atoms with Crippen LogP contribution in [0.25, 0.3) is 0 Å². The van der Waals surface area contributed by atoms with Crippen molar-refractivity contribution in [3.8, 4) is 5.75 Å². The molecule has 1 aromatic rings. The van der Waals surface area contributed by atoms with Gasteiger partial charge in [-0.1, -0.05) is 53.7 Å². The number of hydrogen-bond donors (Lipinski definition) is 0. The van der Waals surface area contributed by atoms with Gasteiger partial charge in [0.1, 0.15) is 11.9 Å². The average molecular weight is 318 g/mol. The summed E-state index contributed by atoms with van der Waals surface area (Å²) in [5.74, 6) is 0.249. The van der Waals surface area contributed by atoms with Crippen molar-refractivity contribution in [2.45, 2.75) is 84.7 Å². The summed E-state index contributed by atoms with van der Waals surface area (Å²) < 4.78 is 6.00. The van der Waals surface area contributed by atoms with E-state index >= 15 is 0 Å². The second-order valence-electron chi connectivity index (χ2n) is 7.74. The molecule has 1 rings (SSSR count). The van der Waals surface area contributed by atoms with Crippen LogP contribution in [0.4, 0.5) is 0 Å². The second-order valence-corrected chi connectivity index (χ2v) is 7.74. The smallest absolute Gasteiger partial charge is 0.242 e. The van der Waals surface area contributed by atoms with E-state index in [0.29, 0.717) is 0 Å². The summed E-state index contributed by atoms with van der Waals surface area (Å²) in [5, 5.41) is 0. The van der Waals surface area contributed by atoms with Gasteiger partial charge in [-0.05, 0) is 42.2 Å². The van der Waals surface area contributed by atoms with E-state index < -0.39 is 5.91 Å². The lowest BCUT2D eigenvalue weighted by molar-refractivity contribution is -0.120. The summed E-state index contributed by atoms with van der Waals surface area (Å²) in [7, 11) is 0. The molecule has 1 N–H and O–H groups in total. The van der Waals surface area contributed by atoms with Crippen LogP contribution in [0.2, 0.25) is 0 Å². The van der Waals surface area contributed by atoms with Gasteiger partial charge in [-0.25, -0.2) is 0 Å². The van der Waals surface area contributed by atoms with Gasteiger partial charge in [0, 0.05) is 5.56 Å². The first-order chi connectivity index (χ1) is 10.5. The Kier molecular flexibility index (Phi) is 6.26. The van der Waals surface area contributed by atoms with Crippen molar-refractivity contribution in [2.24, 2.45) is 0 Å². The first-order valence-corrected chi connectivity index (χ1v) is 8.59. The predicted molar refractivity (Wildman–Crippen MR) is 95.9 cm³/mol. The highest BCUT2D eigenvalue weighted by atomic mass is 16.5. The summed E-state index contributed by atoms with van der Waals surface area (Å²) in [6, 6.07) is 6.42. The van der Waals surface area contributed by atoms with Gasteiger partial charge in [0.25, 0.3) is 0 Å². The van der Waals surface area contributed by atoms with Crippen LogP contribution in [-0.2, 0) is 15.6 Å². The fourth-order valence-corrected chi connectivity index (χ4v) is 2.50. The molecule has 0 saturated heterocycles. The number of benzene rings is 1. The Bertz CT molecular complexity index is 547. The van der Waals surface area contributed by atoms with Crippen LogP contribution >= 0.6 is 0 Å². The number of rotatable bonds is 8. The molecule has 0 heterocycles. The molecule has 0 saturated carbocycles. The molecule has 129 valence electrons. The normalized spacial score (nSPS) is 13.7. The van der Waals surface area contributed by atoms with Crippen LogP contribution in [0.15, 0.2) is 18.2 Å². The zero-order chi connectivity index (χ0) is 17.8. The van der Waals surface area contributed by atoms with E-state index in [2.05, 4.69) is 53.7 Å². The van der Waals surface area contributed by atoms with Gasteiger partial charge in [-0.3, -0.25) is 10.5 Å². The second kappa shape index (κ2) is 7.37. The molecule has 0 aliphatic heterocycles. The number of ether oxygens (including phenoxy) is 1. The maximum atomic E-state index is 11.0. The minimum absolute atomic E-state index is 0.000141. The van der Waals surface area contributed by atoms with Gasteiger partial charge in [-0.15, -0.1) is 0 Å². The van der Waals surface area contributed by atoms with Crippen molar-refractivity contribution in [1.82, 2.24) is 5.73 Å². The van der Waals surface area contributed by atoms with Crippen LogP contribution in [0, 0.1) is 0 Å². The molecule has 23 heavy (non-hydrogen) atoms. The first kappa shape index (κ1) is 19.5. The summed E-state index contributed by atoms with van der Waals surface area (Å²) >= 11 is 0. The highest BCUT2D eigenvalue weighted by molar-refractivity contribution is 5.73. The highest BCUT2D eigenvalue weighted by Crippen LogP contribution is 2.38. The Labute approximate surface area is 141 Å². The lowest BCUT2D eigenvalue weighted by Crippen LogP contribution is -2.23. The standard InChI is InChI=1S/C20H32NO2/c1-8-19(4,5)15-10-11-17(23-14(3)12-18(21)22)16(13-15)20(6,7)9-2/h10-11,13-14,21H,8-9,12H2,1-7H3. The lowest BCUT2D eigenvalue weighted by atomic mass is 9.76. The molecule has 0 bridgehead atoms. The Balaban J connectivity index is 3.27. The summed E-state index contributed by atoms with van der Waals surface area (Å²) in [5.41, 5.74) is 9.73. The van der Waals surface area contributed by atoms with Crippen molar-refractivity contribution >= 4 is 5.91 Å². The van der Waals surface area contributed by atoms with E-state index in [9.17, 15) is 4.79 Å². The summed E-state index contributed by atoms with van der Waals surface area (Å²) in [6.45, 7) is 15.2. The largest absolute Gasteiger partial charge is 0.490 e. The number of carbonyl (C=O) groups excluding carboxylic acids is 1. The van der Waals surface area contributed by atoms with Gasteiger partial charge in [0.15, 0.2) is 0 Å². The maximum absolute atomic E-state index is 11.0. The lowest BCUT2D eigenvalue weighted by Gasteiger charge is -2.31. The highest BCUT2D eigenvalue weighted by Gasteiger charge is 2.27. The first-order valence-electron chi connectivity index (χ1n) is 8.59. The minimum Gasteiger partial charge on any atom is -0.490 e. The third-order valence-corrected chi connectivity index (χ3v) is 5.06. The Hall–Kier alpha value is -1.51. The fraction of sp³-hybridized carbons (Fsp3) is 0.650. The molecule has 3 heteroatoms. The van der Waals surface area contributed by atoms with Crippen LogP contribution in [-0.4, -0.2) is 12.0 Å². The van der Waals surface area contributed by atoms with Crippen molar-refractivity contribution in [3.05, 3.63) is 29.3 Å². The Morgan fingerprint density at radius 3 is 2.17 bits per heavy atom. The quantitative estimate of drug-likeness (QED) is 0.675. The molecule has 3 nitrogen and oxygen atoms in total. The van der Waals surface area contributed by atoms with E-state index in [1.165, 1.54) is 11.1 Å². The summed E-state index contributed by atoms with van der Waals surface area (Å²) in [4.78, 5) is 11.0. The van der Waals surface area contributed by atoms with E-state index in [0.717, 1.165) is 18.6 Å². The minimum atomic E-state index is -0.586. The zero-order valence-corrected chi connectivity index (χ0v) is 15.7.